The van der Waals surface area contributed by atoms with Crippen LogP contribution in [-0.4, -0.2) is 29.5 Å². The van der Waals surface area contributed by atoms with Crippen molar-refractivity contribution in [3.8, 4) is 0 Å². The summed E-state index contributed by atoms with van der Waals surface area (Å²) < 4.78 is 5.95. The van der Waals surface area contributed by atoms with E-state index in [1.807, 2.05) is 13.2 Å². The lowest BCUT2D eigenvalue weighted by molar-refractivity contribution is -0.157. The minimum atomic E-state index is -0.313. The van der Waals surface area contributed by atoms with Crippen molar-refractivity contribution >= 4 is 0 Å². The molecule has 0 saturated heterocycles. The summed E-state index contributed by atoms with van der Waals surface area (Å²) in [7, 11) is 1.83. The van der Waals surface area contributed by atoms with Gasteiger partial charge in [0, 0.05) is 18.9 Å². The Balaban J connectivity index is 1.74. The summed E-state index contributed by atoms with van der Waals surface area (Å²) in [5, 5.41) is 20.5. The molecule has 4 rings (SSSR count). The lowest BCUT2D eigenvalue weighted by atomic mass is 9.45. The molecule has 0 aliphatic heterocycles. The van der Waals surface area contributed by atoms with E-state index in [4.69, 9.17) is 4.74 Å². The van der Waals surface area contributed by atoms with E-state index in [0.29, 0.717) is 29.4 Å². The van der Waals surface area contributed by atoms with Gasteiger partial charge < -0.3 is 14.9 Å². The van der Waals surface area contributed by atoms with Gasteiger partial charge >= 0.3 is 0 Å². The van der Waals surface area contributed by atoms with Crippen molar-refractivity contribution in [3.63, 3.8) is 0 Å². The van der Waals surface area contributed by atoms with Crippen molar-refractivity contribution in [2.24, 2.45) is 34.5 Å². The number of hydrogen-bond acceptors (Lipinski definition) is 3. The van der Waals surface area contributed by atoms with Gasteiger partial charge in [0.2, 0.25) is 0 Å². The molecule has 1 unspecified atom stereocenters. The van der Waals surface area contributed by atoms with Crippen LogP contribution in [0.4, 0.5) is 0 Å². The smallest absolute Gasteiger partial charge is 0.0886 e. The molecule has 4 aliphatic carbocycles. The second kappa shape index (κ2) is 5.10. The molecule has 0 bridgehead atoms. The van der Waals surface area contributed by atoms with Gasteiger partial charge in [0.1, 0.15) is 0 Å². The summed E-state index contributed by atoms with van der Waals surface area (Å²) in [5.74, 6) is 2.50. The van der Waals surface area contributed by atoms with E-state index < -0.39 is 0 Å². The number of methoxy groups -OCH3 is 1. The van der Waals surface area contributed by atoms with Crippen molar-refractivity contribution in [3.05, 3.63) is 24.0 Å². The zero-order chi connectivity index (χ0) is 16.4. The summed E-state index contributed by atoms with van der Waals surface area (Å²) in [6.45, 7) is 4.69. The van der Waals surface area contributed by atoms with Crippen LogP contribution in [0.1, 0.15) is 46.0 Å². The van der Waals surface area contributed by atoms with Gasteiger partial charge in [-0.25, -0.2) is 0 Å². The fourth-order valence-corrected chi connectivity index (χ4v) is 6.46. The Morgan fingerprint density at radius 2 is 1.96 bits per heavy atom. The van der Waals surface area contributed by atoms with E-state index in [2.05, 4.69) is 26.0 Å². The Labute approximate surface area is 139 Å². The fraction of sp³-hybridized carbons (Fsp3) is 0.800. The zero-order valence-corrected chi connectivity index (χ0v) is 14.5. The first-order valence-corrected chi connectivity index (χ1v) is 9.19. The Morgan fingerprint density at radius 1 is 1.17 bits per heavy atom. The van der Waals surface area contributed by atoms with E-state index in [1.54, 1.807) is 0 Å². The molecule has 0 aromatic rings. The fourth-order valence-electron chi connectivity index (χ4n) is 6.46. The third kappa shape index (κ3) is 2.02. The summed E-state index contributed by atoms with van der Waals surface area (Å²) in [5.41, 5.74) is 0.239. The molecular formula is C20H30O3. The molecule has 3 heteroatoms. The minimum Gasteiger partial charge on any atom is -0.513 e. The predicted octanol–water partition coefficient (Wildman–Crippen LogP) is 3.84. The lowest BCUT2D eigenvalue weighted by Gasteiger charge is -2.61. The summed E-state index contributed by atoms with van der Waals surface area (Å²) in [4.78, 5) is 0. The highest BCUT2D eigenvalue weighted by atomic mass is 16.5. The van der Waals surface area contributed by atoms with Crippen molar-refractivity contribution < 1.29 is 14.9 Å². The molecule has 2 fully saturated rings. The van der Waals surface area contributed by atoms with Crippen molar-refractivity contribution in [2.75, 3.05) is 7.11 Å². The number of allylic oxidation sites excluding steroid dienone is 3. The monoisotopic (exact) mass is 318 g/mol. The highest BCUT2D eigenvalue weighted by molar-refractivity contribution is 5.23. The number of rotatable bonds is 1. The summed E-state index contributed by atoms with van der Waals surface area (Å²) in [6, 6.07) is 0. The standard InChI is InChI=1S/C20H30O3/c1-19-8-6-13(21)10-12(19)11-16(23-3)18-14-4-5-17(22)20(14,2)9-7-15(18)19/h4-5,10,12,14-18,21-22H,6-9,11H2,1-3H3/t12?,14-,15-,16-,17-,18-,19-,20-/m0/s1. The first kappa shape index (κ1) is 15.7. The van der Waals surface area contributed by atoms with E-state index >= 15 is 0 Å². The van der Waals surface area contributed by atoms with Crippen LogP contribution in [0.2, 0.25) is 0 Å². The van der Waals surface area contributed by atoms with E-state index in [9.17, 15) is 10.2 Å². The average Bonchev–Trinajstić information content (AvgIpc) is 2.83. The van der Waals surface area contributed by atoms with Gasteiger partial charge in [-0.3, -0.25) is 0 Å². The zero-order valence-electron chi connectivity index (χ0n) is 14.5. The molecule has 4 aliphatic rings. The maximum atomic E-state index is 10.5. The van der Waals surface area contributed by atoms with Crippen LogP contribution in [0.25, 0.3) is 0 Å². The molecule has 0 spiro atoms. The molecule has 128 valence electrons. The second-order valence-corrected chi connectivity index (χ2v) is 8.86. The van der Waals surface area contributed by atoms with Crippen LogP contribution in [0, 0.1) is 34.5 Å². The van der Waals surface area contributed by atoms with E-state index in [-0.39, 0.29) is 23.0 Å². The highest BCUT2D eigenvalue weighted by Crippen LogP contribution is 2.64. The third-order valence-electron chi connectivity index (χ3n) is 8.04. The molecule has 0 heterocycles. The molecule has 23 heavy (non-hydrogen) atoms. The maximum Gasteiger partial charge on any atom is 0.0886 e. The average molecular weight is 318 g/mol. The van der Waals surface area contributed by atoms with Crippen LogP contribution in [0.5, 0.6) is 0 Å². The molecule has 8 atom stereocenters. The van der Waals surface area contributed by atoms with E-state index in [0.717, 1.165) is 32.1 Å². The topological polar surface area (TPSA) is 49.7 Å². The first-order valence-electron chi connectivity index (χ1n) is 9.19. The number of hydrogen-bond donors (Lipinski definition) is 2. The van der Waals surface area contributed by atoms with Gasteiger partial charge in [0.25, 0.3) is 0 Å². The molecular weight excluding hydrogens is 288 g/mol. The number of fused-ring (bicyclic) bond motifs is 5. The summed E-state index contributed by atoms with van der Waals surface area (Å²) in [6.07, 6.45) is 11.4. The SMILES string of the molecule is CO[C@H]1CC2C=C(O)CC[C@]2(C)[C@H]2CC[C@]3(C)[C@@H](O)C=C[C@H]3[C@H]12. The Morgan fingerprint density at radius 3 is 2.70 bits per heavy atom. The highest BCUT2D eigenvalue weighted by Gasteiger charge is 2.61. The van der Waals surface area contributed by atoms with Gasteiger partial charge in [-0.1, -0.05) is 26.0 Å². The molecule has 0 amide bonds. The quantitative estimate of drug-likeness (QED) is 0.722. The molecule has 2 N–H and O–H groups in total. The van der Waals surface area contributed by atoms with Gasteiger partial charge in [-0.2, -0.15) is 0 Å². The van der Waals surface area contributed by atoms with Crippen molar-refractivity contribution in [1.29, 1.82) is 0 Å². The van der Waals surface area contributed by atoms with E-state index in [1.165, 1.54) is 0 Å². The molecule has 3 nitrogen and oxygen atoms in total. The predicted molar refractivity (Wildman–Crippen MR) is 89.9 cm³/mol. The normalized spacial score (nSPS) is 54.9. The maximum absolute atomic E-state index is 10.5. The van der Waals surface area contributed by atoms with Crippen LogP contribution in [0.15, 0.2) is 24.0 Å². The van der Waals surface area contributed by atoms with Gasteiger partial charge in [0.15, 0.2) is 0 Å². The molecule has 0 aromatic carbocycles. The van der Waals surface area contributed by atoms with Gasteiger partial charge in [0.05, 0.1) is 18.0 Å². The van der Waals surface area contributed by atoms with Crippen LogP contribution >= 0.6 is 0 Å². The van der Waals surface area contributed by atoms with Crippen LogP contribution < -0.4 is 0 Å². The van der Waals surface area contributed by atoms with Crippen LogP contribution in [0.3, 0.4) is 0 Å². The van der Waals surface area contributed by atoms with Crippen LogP contribution in [-0.2, 0) is 4.74 Å². The lowest BCUT2D eigenvalue weighted by Crippen LogP contribution is -2.58. The largest absolute Gasteiger partial charge is 0.513 e. The van der Waals surface area contributed by atoms with Gasteiger partial charge in [-0.05, 0) is 60.8 Å². The Hall–Kier alpha value is -0.800. The van der Waals surface area contributed by atoms with Crippen molar-refractivity contribution in [1.82, 2.24) is 0 Å². The molecule has 0 radical (unpaired) electrons. The Bertz CT molecular complexity index is 553. The second-order valence-electron chi connectivity index (χ2n) is 8.86. The minimum absolute atomic E-state index is 0.0201. The number of ether oxygens (including phenoxy) is 1. The number of aliphatic hydroxyl groups is 2. The Kier molecular flexibility index (Phi) is 3.48. The molecule has 2 saturated carbocycles. The van der Waals surface area contributed by atoms with Gasteiger partial charge in [-0.15, -0.1) is 0 Å². The first-order chi connectivity index (χ1) is 10.9. The summed E-state index contributed by atoms with van der Waals surface area (Å²) >= 11 is 0. The third-order valence-corrected chi connectivity index (χ3v) is 8.04. The molecule has 0 aromatic heterocycles. The van der Waals surface area contributed by atoms with Crippen molar-refractivity contribution in [2.45, 2.75) is 58.2 Å². The number of aliphatic hydroxyl groups excluding tert-OH is 2.